The van der Waals surface area contributed by atoms with Gasteiger partial charge in [-0.1, -0.05) is 103 Å². The summed E-state index contributed by atoms with van der Waals surface area (Å²) in [7, 11) is -1.20. The molecule has 2 aromatic heterocycles. The fourth-order valence-corrected chi connectivity index (χ4v) is 9.58. The normalized spacial score (nSPS) is 14.1. The molecule has 1 aliphatic rings. The van der Waals surface area contributed by atoms with Crippen LogP contribution in [0.15, 0.2) is 140 Å². The molecular weight excluding hydrogens is 527 g/mol. The minimum atomic E-state index is -1.20. The zero-order valence-electron chi connectivity index (χ0n) is 23.2. The number of hydrogen-bond acceptors (Lipinski definition) is 1. The predicted molar refractivity (Wildman–Crippen MR) is 179 cm³/mol. The molecule has 3 nitrogen and oxygen atoms in total. The number of hydrogen-bond donors (Lipinski definition) is 0. The second kappa shape index (κ2) is 8.90. The molecule has 0 saturated heterocycles. The summed E-state index contributed by atoms with van der Waals surface area (Å²) in [4.78, 5) is 5.03. The molecular formula is C38H27N3Si. The van der Waals surface area contributed by atoms with Crippen LogP contribution in [0.3, 0.4) is 0 Å². The molecule has 0 bridgehead atoms. The maximum Gasteiger partial charge on any atom is 0.145 e. The summed E-state index contributed by atoms with van der Waals surface area (Å²) in [5.41, 5.74) is 10.8. The van der Waals surface area contributed by atoms with Gasteiger partial charge in [0.05, 0.1) is 22.1 Å². The Kier molecular flexibility index (Phi) is 4.98. The summed E-state index contributed by atoms with van der Waals surface area (Å²) in [6.45, 7) is 2.47. The van der Waals surface area contributed by atoms with Crippen LogP contribution in [0.1, 0.15) is 0 Å². The third-order valence-electron chi connectivity index (χ3n) is 8.99. The Morgan fingerprint density at radius 2 is 1.17 bits per heavy atom. The molecule has 0 saturated carbocycles. The Bertz CT molecular complexity index is 2310. The summed E-state index contributed by atoms with van der Waals surface area (Å²) in [5.74, 6) is 0.953. The van der Waals surface area contributed by atoms with Gasteiger partial charge in [0, 0.05) is 27.7 Å². The predicted octanol–water partition coefficient (Wildman–Crippen LogP) is 7.74. The lowest BCUT2D eigenvalue weighted by Gasteiger charge is -2.13. The van der Waals surface area contributed by atoms with E-state index in [1.54, 1.807) is 10.4 Å². The van der Waals surface area contributed by atoms with E-state index in [9.17, 15) is 0 Å². The quantitative estimate of drug-likeness (QED) is 0.205. The molecule has 1 atom stereocenters. The van der Waals surface area contributed by atoms with E-state index in [2.05, 4.69) is 149 Å². The molecule has 0 spiro atoms. The summed E-state index contributed by atoms with van der Waals surface area (Å²) in [6, 6.07) is 50.6. The van der Waals surface area contributed by atoms with E-state index < -0.39 is 8.80 Å². The van der Waals surface area contributed by atoms with Crippen LogP contribution in [0.2, 0.25) is 6.55 Å². The molecule has 198 valence electrons. The first-order valence-corrected chi connectivity index (χ1v) is 16.9. The van der Waals surface area contributed by atoms with Gasteiger partial charge in [0.1, 0.15) is 14.6 Å². The summed E-state index contributed by atoms with van der Waals surface area (Å²) in [6.07, 6.45) is 0. The lowest BCUT2D eigenvalue weighted by molar-refractivity contribution is 1.09. The van der Waals surface area contributed by atoms with Crippen LogP contribution in [0.25, 0.3) is 66.7 Å². The first kappa shape index (κ1) is 23.5. The van der Waals surface area contributed by atoms with Crippen molar-refractivity contribution in [2.24, 2.45) is 0 Å². The van der Waals surface area contributed by atoms with Gasteiger partial charge in [-0.25, -0.2) is 4.98 Å². The van der Waals surface area contributed by atoms with E-state index in [4.69, 9.17) is 4.98 Å². The van der Waals surface area contributed by atoms with E-state index in [-0.39, 0.29) is 0 Å². The average Bonchev–Trinajstić information content (AvgIpc) is 3.69. The van der Waals surface area contributed by atoms with Crippen molar-refractivity contribution >= 4 is 52.0 Å². The first-order chi connectivity index (χ1) is 20.8. The molecule has 4 heteroatoms. The second-order valence-corrected chi connectivity index (χ2v) is 13.9. The molecule has 42 heavy (non-hydrogen) atoms. The van der Waals surface area contributed by atoms with Crippen molar-refractivity contribution < 1.29 is 0 Å². The average molecular weight is 554 g/mol. The van der Waals surface area contributed by atoms with E-state index in [1.807, 2.05) is 6.07 Å². The van der Waals surface area contributed by atoms with Crippen molar-refractivity contribution in [1.82, 2.24) is 14.1 Å². The van der Waals surface area contributed by atoms with Crippen LogP contribution in [0.5, 0.6) is 0 Å². The molecule has 1 aliphatic heterocycles. The number of fused-ring (bicyclic) bond motifs is 7. The van der Waals surface area contributed by atoms with Gasteiger partial charge in [-0.05, 0) is 64.8 Å². The Balaban J connectivity index is 1.25. The van der Waals surface area contributed by atoms with E-state index >= 15 is 0 Å². The number of rotatable bonds is 3. The molecule has 1 unspecified atom stereocenters. The molecule has 9 rings (SSSR count). The van der Waals surface area contributed by atoms with Gasteiger partial charge in [0.2, 0.25) is 0 Å². The van der Waals surface area contributed by atoms with Crippen LogP contribution >= 0.6 is 0 Å². The fraction of sp³-hybridized carbons (Fsp3) is 0.0263. The van der Waals surface area contributed by atoms with Crippen LogP contribution in [0, 0.1) is 0 Å². The molecule has 0 aliphatic carbocycles. The van der Waals surface area contributed by atoms with Gasteiger partial charge in [0.15, 0.2) is 0 Å². The third-order valence-corrected chi connectivity index (χ3v) is 11.8. The minimum absolute atomic E-state index is 0.953. The molecule has 8 aromatic rings. The molecule has 3 heterocycles. The number of benzene rings is 6. The Morgan fingerprint density at radius 1 is 0.500 bits per heavy atom. The Hall–Kier alpha value is -5.19. The Morgan fingerprint density at radius 3 is 2.00 bits per heavy atom. The zero-order chi connectivity index (χ0) is 27.8. The third kappa shape index (κ3) is 3.30. The number of imidazole rings is 1. The second-order valence-electron chi connectivity index (χ2n) is 11.3. The lowest BCUT2D eigenvalue weighted by atomic mass is 10.0. The van der Waals surface area contributed by atoms with Gasteiger partial charge in [0.25, 0.3) is 0 Å². The van der Waals surface area contributed by atoms with Crippen molar-refractivity contribution in [2.75, 3.05) is 0 Å². The minimum Gasteiger partial charge on any atom is -0.309 e. The lowest BCUT2D eigenvalue weighted by Crippen LogP contribution is -2.34. The summed E-state index contributed by atoms with van der Waals surface area (Å²) < 4.78 is 4.71. The molecule has 0 amide bonds. The van der Waals surface area contributed by atoms with Crippen molar-refractivity contribution in [3.8, 4) is 33.9 Å². The number of nitrogens with zero attached hydrogens (tertiary/aromatic N) is 3. The maximum absolute atomic E-state index is 5.03. The highest BCUT2D eigenvalue weighted by Gasteiger charge is 2.28. The molecule has 0 N–H and O–H groups in total. The van der Waals surface area contributed by atoms with Crippen LogP contribution < -0.4 is 10.4 Å². The summed E-state index contributed by atoms with van der Waals surface area (Å²) >= 11 is 0. The van der Waals surface area contributed by atoms with Gasteiger partial charge in [-0.2, -0.15) is 0 Å². The van der Waals surface area contributed by atoms with Gasteiger partial charge in [-0.3, -0.25) is 4.57 Å². The van der Waals surface area contributed by atoms with Crippen LogP contribution in [-0.4, -0.2) is 22.9 Å². The number of aromatic nitrogens is 3. The highest BCUT2D eigenvalue weighted by Crippen LogP contribution is 2.36. The molecule has 0 radical (unpaired) electrons. The highest BCUT2D eigenvalue weighted by atomic mass is 28.3. The fourth-order valence-electron chi connectivity index (χ4n) is 7.01. The smallest absolute Gasteiger partial charge is 0.145 e. The van der Waals surface area contributed by atoms with E-state index in [0.717, 1.165) is 33.8 Å². The van der Waals surface area contributed by atoms with Crippen molar-refractivity contribution in [3.05, 3.63) is 140 Å². The van der Waals surface area contributed by atoms with Crippen molar-refractivity contribution in [2.45, 2.75) is 6.55 Å². The SMILES string of the molecule is C[SiH]1c2ccccc2-c2cc3c(cc21)c1ccccc1n3-c1ccc(-n2c(-c3ccccc3)nc3ccccc32)cc1. The number of para-hydroxylation sites is 3. The summed E-state index contributed by atoms with van der Waals surface area (Å²) in [5, 5.41) is 5.76. The van der Waals surface area contributed by atoms with Gasteiger partial charge in [-0.15, -0.1) is 0 Å². The molecule has 0 fully saturated rings. The van der Waals surface area contributed by atoms with Crippen LogP contribution in [0.4, 0.5) is 0 Å². The zero-order valence-corrected chi connectivity index (χ0v) is 24.4. The van der Waals surface area contributed by atoms with E-state index in [0.29, 0.717) is 0 Å². The topological polar surface area (TPSA) is 22.8 Å². The van der Waals surface area contributed by atoms with Crippen molar-refractivity contribution in [1.29, 1.82) is 0 Å². The van der Waals surface area contributed by atoms with Crippen LogP contribution in [-0.2, 0) is 0 Å². The largest absolute Gasteiger partial charge is 0.309 e. The molecule has 6 aromatic carbocycles. The van der Waals surface area contributed by atoms with E-state index in [1.165, 1.54) is 32.9 Å². The standard InChI is InChI=1S/C38H27N3Si/c1-42-36-18-10-6-14-29(36)31-23-35-30(24-37(31)42)28-13-5-8-16-33(28)40(35)26-19-21-27(22-20-26)41-34-17-9-7-15-32(34)39-38(41)25-11-3-2-4-12-25/h2-24,42H,1H3. The highest BCUT2D eigenvalue weighted by molar-refractivity contribution is 6.88. The Labute approximate surface area is 245 Å². The van der Waals surface area contributed by atoms with Gasteiger partial charge < -0.3 is 4.57 Å². The first-order valence-electron chi connectivity index (χ1n) is 14.6. The maximum atomic E-state index is 5.03. The monoisotopic (exact) mass is 553 g/mol. The van der Waals surface area contributed by atoms with Crippen molar-refractivity contribution in [3.63, 3.8) is 0 Å². The van der Waals surface area contributed by atoms with Gasteiger partial charge >= 0.3 is 0 Å².